The SMILES string of the molecule is CCC[C@@]1(C(=O)O)CN(c2cc(C3CC3)ncn2)CC[C@H]1O. The van der Waals surface area contributed by atoms with E-state index < -0.39 is 17.5 Å². The highest BCUT2D eigenvalue weighted by molar-refractivity contribution is 5.77. The maximum Gasteiger partial charge on any atom is 0.314 e. The lowest BCUT2D eigenvalue weighted by atomic mass is 9.74. The molecule has 2 heterocycles. The van der Waals surface area contributed by atoms with Crippen molar-refractivity contribution in [3.05, 3.63) is 18.1 Å². The van der Waals surface area contributed by atoms with Crippen LogP contribution in [0.2, 0.25) is 0 Å². The molecule has 3 rings (SSSR count). The highest BCUT2D eigenvalue weighted by Gasteiger charge is 2.48. The van der Waals surface area contributed by atoms with Crippen molar-refractivity contribution in [1.82, 2.24) is 9.97 Å². The molecule has 1 aliphatic heterocycles. The number of nitrogens with zero attached hydrogens (tertiary/aromatic N) is 3. The van der Waals surface area contributed by atoms with E-state index in [1.54, 1.807) is 6.33 Å². The van der Waals surface area contributed by atoms with Crippen LogP contribution in [0.3, 0.4) is 0 Å². The van der Waals surface area contributed by atoms with Crippen LogP contribution < -0.4 is 4.90 Å². The molecule has 22 heavy (non-hydrogen) atoms. The van der Waals surface area contributed by atoms with Gasteiger partial charge in [0, 0.05) is 30.8 Å². The number of carbonyl (C=O) groups is 1. The number of piperidine rings is 1. The van der Waals surface area contributed by atoms with Crippen molar-refractivity contribution in [2.75, 3.05) is 18.0 Å². The Morgan fingerprint density at radius 3 is 2.82 bits per heavy atom. The van der Waals surface area contributed by atoms with Crippen LogP contribution in [0.25, 0.3) is 0 Å². The highest BCUT2D eigenvalue weighted by atomic mass is 16.4. The Morgan fingerprint density at radius 2 is 2.18 bits per heavy atom. The molecular formula is C16H23N3O3. The van der Waals surface area contributed by atoms with Gasteiger partial charge in [-0.3, -0.25) is 4.79 Å². The van der Waals surface area contributed by atoms with E-state index in [9.17, 15) is 15.0 Å². The Morgan fingerprint density at radius 1 is 1.41 bits per heavy atom. The number of rotatable bonds is 5. The summed E-state index contributed by atoms with van der Waals surface area (Å²) in [7, 11) is 0. The van der Waals surface area contributed by atoms with Crippen LogP contribution >= 0.6 is 0 Å². The molecule has 1 aromatic heterocycles. The fourth-order valence-electron chi connectivity index (χ4n) is 3.42. The van der Waals surface area contributed by atoms with Crippen molar-refractivity contribution in [2.45, 2.75) is 51.0 Å². The molecule has 120 valence electrons. The van der Waals surface area contributed by atoms with E-state index in [2.05, 4.69) is 9.97 Å². The fourth-order valence-corrected chi connectivity index (χ4v) is 3.42. The van der Waals surface area contributed by atoms with Gasteiger partial charge in [-0.1, -0.05) is 13.3 Å². The summed E-state index contributed by atoms with van der Waals surface area (Å²) in [5.41, 5.74) is -0.0509. The van der Waals surface area contributed by atoms with E-state index in [1.165, 1.54) is 12.8 Å². The van der Waals surface area contributed by atoms with Gasteiger partial charge in [-0.05, 0) is 25.7 Å². The molecule has 1 aliphatic carbocycles. The number of hydrogen-bond donors (Lipinski definition) is 2. The van der Waals surface area contributed by atoms with Crippen molar-refractivity contribution >= 4 is 11.8 Å². The maximum atomic E-state index is 11.8. The average molecular weight is 305 g/mol. The summed E-state index contributed by atoms with van der Waals surface area (Å²) < 4.78 is 0. The van der Waals surface area contributed by atoms with Gasteiger partial charge in [-0.2, -0.15) is 0 Å². The van der Waals surface area contributed by atoms with E-state index >= 15 is 0 Å². The molecule has 2 fully saturated rings. The first kappa shape index (κ1) is 15.2. The Kier molecular flexibility index (Phi) is 4.04. The number of carboxylic acids is 1. The number of aliphatic hydroxyl groups excluding tert-OH is 1. The highest BCUT2D eigenvalue weighted by Crippen LogP contribution is 2.41. The first-order valence-electron chi connectivity index (χ1n) is 8.05. The van der Waals surface area contributed by atoms with Crippen molar-refractivity contribution in [3.63, 3.8) is 0 Å². The molecule has 0 unspecified atom stereocenters. The quantitative estimate of drug-likeness (QED) is 0.862. The molecule has 1 saturated carbocycles. The van der Waals surface area contributed by atoms with Gasteiger partial charge < -0.3 is 15.1 Å². The zero-order chi connectivity index (χ0) is 15.7. The predicted octanol–water partition coefficient (Wildman–Crippen LogP) is 1.80. The van der Waals surface area contributed by atoms with Gasteiger partial charge in [0.1, 0.15) is 17.6 Å². The normalized spacial score (nSPS) is 28.6. The second kappa shape index (κ2) is 5.83. The van der Waals surface area contributed by atoms with Crippen molar-refractivity contribution in [1.29, 1.82) is 0 Å². The Labute approximate surface area is 130 Å². The second-order valence-electron chi connectivity index (χ2n) is 6.51. The Bertz CT molecular complexity index is 561. The van der Waals surface area contributed by atoms with Gasteiger partial charge in [0.15, 0.2) is 0 Å². The van der Waals surface area contributed by atoms with Gasteiger partial charge in [-0.15, -0.1) is 0 Å². The third-order valence-electron chi connectivity index (χ3n) is 4.90. The van der Waals surface area contributed by atoms with Crippen LogP contribution in [-0.4, -0.2) is 45.3 Å². The van der Waals surface area contributed by atoms with E-state index in [0.717, 1.165) is 17.9 Å². The topological polar surface area (TPSA) is 86.5 Å². The molecule has 0 aromatic carbocycles. The zero-order valence-electron chi connectivity index (χ0n) is 12.9. The average Bonchev–Trinajstić information content (AvgIpc) is 3.34. The number of aliphatic carboxylic acids is 1. The van der Waals surface area contributed by atoms with Gasteiger partial charge in [0.2, 0.25) is 0 Å². The lowest BCUT2D eigenvalue weighted by molar-refractivity contribution is -0.158. The van der Waals surface area contributed by atoms with Crippen LogP contribution in [0.15, 0.2) is 12.4 Å². The largest absolute Gasteiger partial charge is 0.481 e. The zero-order valence-corrected chi connectivity index (χ0v) is 12.9. The van der Waals surface area contributed by atoms with Crippen LogP contribution in [-0.2, 0) is 4.79 Å². The van der Waals surface area contributed by atoms with E-state index in [0.29, 0.717) is 31.8 Å². The monoisotopic (exact) mass is 305 g/mol. The minimum Gasteiger partial charge on any atom is -0.481 e. The number of carboxylic acid groups (broad SMARTS) is 1. The van der Waals surface area contributed by atoms with Gasteiger partial charge >= 0.3 is 5.97 Å². The summed E-state index contributed by atoms with van der Waals surface area (Å²) in [6, 6.07) is 1.98. The van der Waals surface area contributed by atoms with Gasteiger partial charge in [0.25, 0.3) is 0 Å². The minimum absolute atomic E-state index is 0.304. The van der Waals surface area contributed by atoms with Crippen LogP contribution in [0.5, 0.6) is 0 Å². The van der Waals surface area contributed by atoms with E-state index in [1.807, 2.05) is 17.9 Å². The molecule has 0 bridgehead atoms. The smallest absolute Gasteiger partial charge is 0.314 e. The molecule has 2 N–H and O–H groups in total. The van der Waals surface area contributed by atoms with Gasteiger partial charge in [-0.25, -0.2) is 9.97 Å². The van der Waals surface area contributed by atoms with Crippen molar-refractivity contribution in [3.8, 4) is 0 Å². The maximum absolute atomic E-state index is 11.8. The van der Waals surface area contributed by atoms with Crippen LogP contribution in [0.4, 0.5) is 5.82 Å². The molecule has 0 spiro atoms. The number of hydrogen-bond acceptors (Lipinski definition) is 5. The number of anilines is 1. The fraction of sp³-hybridized carbons (Fsp3) is 0.688. The summed E-state index contributed by atoms with van der Waals surface area (Å²) in [5.74, 6) is 0.408. The molecular weight excluding hydrogens is 282 g/mol. The Hall–Kier alpha value is -1.69. The van der Waals surface area contributed by atoms with E-state index in [-0.39, 0.29) is 0 Å². The summed E-state index contributed by atoms with van der Waals surface area (Å²) >= 11 is 0. The molecule has 1 aromatic rings. The lowest BCUT2D eigenvalue weighted by Crippen LogP contribution is -2.56. The summed E-state index contributed by atoms with van der Waals surface area (Å²) in [6.07, 6.45) is 4.76. The number of aliphatic hydroxyl groups is 1. The third kappa shape index (κ3) is 2.67. The second-order valence-corrected chi connectivity index (χ2v) is 6.51. The van der Waals surface area contributed by atoms with E-state index in [4.69, 9.17) is 0 Å². The molecule has 2 atom stereocenters. The van der Waals surface area contributed by atoms with Gasteiger partial charge in [0.05, 0.1) is 6.10 Å². The summed E-state index contributed by atoms with van der Waals surface area (Å²) in [6.45, 7) is 2.88. The summed E-state index contributed by atoms with van der Waals surface area (Å²) in [5, 5.41) is 20.0. The van der Waals surface area contributed by atoms with Crippen molar-refractivity contribution in [2.24, 2.45) is 5.41 Å². The predicted molar refractivity (Wildman–Crippen MR) is 81.8 cm³/mol. The molecule has 6 nitrogen and oxygen atoms in total. The molecule has 0 radical (unpaired) electrons. The molecule has 2 aliphatic rings. The number of aromatic nitrogens is 2. The molecule has 0 amide bonds. The molecule has 1 saturated heterocycles. The Balaban J connectivity index is 1.85. The lowest BCUT2D eigenvalue weighted by Gasteiger charge is -2.43. The van der Waals surface area contributed by atoms with Crippen LogP contribution in [0, 0.1) is 5.41 Å². The standard InChI is InChI=1S/C16H23N3O3/c1-2-6-16(15(21)22)9-19(7-5-13(16)20)14-8-12(11-3-4-11)17-10-18-14/h8,10-11,13,20H,2-7,9H2,1H3,(H,21,22)/t13-,16-/m1/s1. The first-order chi connectivity index (χ1) is 10.6. The third-order valence-corrected chi connectivity index (χ3v) is 4.90. The minimum atomic E-state index is -1.10. The molecule has 6 heteroatoms. The van der Waals surface area contributed by atoms with Crippen molar-refractivity contribution < 1.29 is 15.0 Å². The van der Waals surface area contributed by atoms with Crippen LogP contribution in [0.1, 0.15) is 50.6 Å². The summed E-state index contributed by atoms with van der Waals surface area (Å²) in [4.78, 5) is 22.4. The first-order valence-corrected chi connectivity index (χ1v) is 8.05.